The average molecular weight is 246 g/mol. The molecule has 0 aliphatic heterocycles. The van der Waals surface area contributed by atoms with Crippen molar-refractivity contribution in [3.63, 3.8) is 0 Å². The SMILES string of the molecule is CCCC(O)Cn1cnc2cccc(C(C)=O)c21. The molecule has 0 amide bonds. The Hall–Kier alpha value is -1.68. The van der Waals surface area contributed by atoms with Gasteiger partial charge < -0.3 is 9.67 Å². The summed E-state index contributed by atoms with van der Waals surface area (Å²) < 4.78 is 1.87. The van der Waals surface area contributed by atoms with Gasteiger partial charge in [0.1, 0.15) is 0 Å². The number of hydrogen-bond donors (Lipinski definition) is 1. The fourth-order valence-corrected chi connectivity index (χ4v) is 2.20. The van der Waals surface area contributed by atoms with Gasteiger partial charge in [-0.25, -0.2) is 4.98 Å². The van der Waals surface area contributed by atoms with E-state index in [1.165, 1.54) is 0 Å². The number of carbonyl (C=O) groups is 1. The first kappa shape index (κ1) is 12.8. The number of hydrogen-bond acceptors (Lipinski definition) is 3. The van der Waals surface area contributed by atoms with Crippen LogP contribution in [0.1, 0.15) is 37.0 Å². The third-order valence-electron chi connectivity index (χ3n) is 3.05. The average Bonchev–Trinajstić information content (AvgIpc) is 2.72. The van der Waals surface area contributed by atoms with E-state index in [9.17, 15) is 9.90 Å². The first-order chi connectivity index (χ1) is 8.63. The summed E-state index contributed by atoms with van der Waals surface area (Å²) in [5.74, 6) is 0.0207. The van der Waals surface area contributed by atoms with Crippen LogP contribution in [0.15, 0.2) is 24.5 Å². The van der Waals surface area contributed by atoms with E-state index in [0.717, 1.165) is 23.9 Å². The molecule has 0 bridgehead atoms. The molecular formula is C14H18N2O2. The molecule has 2 aromatic rings. The van der Waals surface area contributed by atoms with Crippen LogP contribution in [0.3, 0.4) is 0 Å². The van der Waals surface area contributed by atoms with Gasteiger partial charge in [0.15, 0.2) is 5.78 Å². The summed E-state index contributed by atoms with van der Waals surface area (Å²) in [7, 11) is 0. The summed E-state index contributed by atoms with van der Waals surface area (Å²) in [6.45, 7) is 4.07. The number of para-hydroxylation sites is 1. The number of fused-ring (bicyclic) bond motifs is 1. The highest BCUT2D eigenvalue weighted by Crippen LogP contribution is 2.19. The first-order valence-electron chi connectivity index (χ1n) is 6.26. The Morgan fingerprint density at radius 1 is 1.50 bits per heavy atom. The van der Waals surface area contributed by atoms with E-state index < -0.39 is 6.10 Å². The van der Waals surface area contributed by atoms with Gasteiger partial charge in [-0.1, -0.05) is 19.4 Å². The molecule has 0 radical (unpaired) electrons. The Kier molecular flexibility index (Phi) is 3.77. The van der Waals surface area contributed by atoms with Crippen LogP contribution < -0.4 is 0 Å². The van der Waals surface area contributed by atoms with Crippen LogP contribution in [0.25, 0.3) is 11.0 Å². The molecule has 2 rings (SSSR count). The molecule has 1 aromatic heterocycles. The minimum atomic E-state index is -0.396. The molecule has 0 saturated heterocycles. The van der Waals surface area contributed by atoms with Gasteiger partial charge in [0.2, 0.25) is 0 Å². The van der Waals surface area contributed by atoms with Gasteiger partial charge in [-0.15, -0.1) is 0 Å². The fraction of sp³-hybridized carbons (Fsp3) is 0.429. The van der Waals surface area contributed by atoms with Gasteiger partial charge in [-0.05, 0) is 25.5 Å². The molecule has 18 heavy (non-hydrogen) atoms. The van der Waals surface area contributed by atoms with E-state index >= 15 is 0 Å². The third-order valence-corrected chi connectivity index (χ3v) is 3.05. The molecule has 4 heteroatoms. The lowest BCUT2D eigenvalue weighted by molar-refractivity contribution is 0.101. The molecule has 0 fully saturated rings. The highest BCUT2D eigenvalue weighted by Gasteiger charge is 2.13. The smallest absolute Gasteiger partial charge is 0.161 e. The van der Waals surface area contributed by atoms with Crippen molar-refractivity contribution in [1.82, 2.24) is 9.55 Å². The van der Waals surface area contributed by atoms with Crippen LogP contribution in [0, 0.1) is 0 Å². The molecule has 1 N–H and O–H groups in total. The highest BCUT2D eigenvalue weighted by molar-refractivity contribution is 6.04. The summed E-state index contributed by atoms with van der Waals surface area (Å²) in [6.07, 6.45) is 2.98. The summed E-state index contributed by atoms with van der Waals surface area (Å²) >= 11 is 0. The summed E-state index contributed by atoms with van der Waals surface area (Å²) in [4.78, 5) is 15.9. The van der Waals surface area contributed by atoms with E-state index in [1.54, 1.807) is 19.3 Å². The molecule has 1 unspecified atom stereocenters. The summed E-state index contributed by atoms with van der Waals surface area (Å²) in [6, 6.07) is 5.51. The third kappa shape index (κ3) is 2.43. The normalized spacial score (nSPS) is 12.8. The largest absolute Gasteiger partial charge is 0.391 e. The standard InChI is InChI=1S/C14H18N2O2/c1-3-5-11(18)8-16-9-15-13-7-4-6-12(10(2)17)14(13)16/h4,6-7,9,11,18H,3,5,8H2,1-2H3. The number of aliphatic hydroxyl groups is 1. The second-order valence-electron chi connectivity index (χ2n) is 4.57. The predicted octanol–water partition coefficient (Wildman–Crippen LogP) is 2.40. The minimum Gasteiger partial charge on any atom is -0.391 e. The van der Waals surface area contributed by atoms with Crippen molar-refractivity contribution in [2.24, 2.45) is 0 Å². The van der Waals surface area contributed by atoms with Gasteiger partial charge in [-0.2, -0.15) is 0 Å². The van der Waals surface area contributed by atoms with Crippen LogP contribution in [0.5, 0.6) is 0 Å². The Labute approximate surface area is 106 Å². The first-order valence-corrected chi connectivity index (χ1v) is 6.26. The van der Waals surface area contributed by atoms with Gasteiger partial charge in [0.25, 0.3) is 0 Å². The van der Waals surface area contributed by atoms with Crippen LogP contribution >= 0.6 is 0 Å². The summed E-state index contributed by atoms with van der Waals surface area (Å²) in [5, 5.41) is 9.88. The van der Waals surface area contributed by atoms with Crippen molar-refractivity contribution >= 4 is 16.8 Å². The van der Waals surface area contributed by atoms with Crippen molar-refractivity contribution in [2.75, 3.05) is 0 Å². The van der Waals surface area contributed by atoms with E-state index in [2.05, 4.69) is 4.98 Å². The molecule has 0 aliphatic carbocycles. The number of rotatable bonds is 5. The molecule has 0 aliphatic rings. The van der Waals surface area contributed by atoms with Gasteiger partial charge in [0, 0.05) is 5.56 Å². The summed E-state index contributed by atoms with van der Waals surface area (Å²) in [5.41, 5.74) is 2.28. The molecule has 1 atom stereocenters. The minimum absolute atomic E-state index is 0.0207. The number of ketones is 1. The topological polar surface area (TPSA) is 55.1 Å². The number of nitrogens with zero attached hydrogens (tertiary/aromatic N) is 2. The zero-order valence-electron chi connectivity index (χ0n) is 10.8. The van der Waals surface area contributed by atoms with Gasteiger partial charge in [-0.3, -0.25) is 4.79 Å². The Morgan fingerprint density at radius 3 is 2.94 bits per heavy atom. The van der Waals surface area contributed by atoms with Crippen molar-refractivity contribution in [1.29, 1.82) is 0 Å². The van der Waals surface area contributed by atoms with E-state index in [0.29, 0.717) is 12.1 Å². The number of imidazole rings is 1. The maximum absolute atomic E-state index is 11.6. The fourth-order valence-electron chi connectivity index (χ4n) is 2.20. The lowest BCUT2D eigenvalue weighted by Crippen LogP contribution is -2.15. The Morgan fingerprint density at radius 2 is 2.28 bits per heavy atom. The van der Waals surface area contributed by atoms with E-state index in [-0.39, 0.29) is 5.78 Å². The maximum Gasteiger partial charge on any atom is 0.161 e. The van der Waals surface area contributed by atoms with E-state index in [4.69, 9.17) is 0 Å². The molecule has 96 valence electrons. The second kappa shape index (κ2) is 5.31. The van der Waals surface area contributed by atoms with Crippen molar-refractivity contribution in [3.8, 4) is 0 Å². The number of aromatic nitrogens is 2. The van der Waals surface area contributed by atoms with Crippen LogP contribution in [-0.2, 0) is 6.54 Å². The quantitative estimate of drug-likeness (QED) is 0.824. The van der Waals surface area contributed by atoms with Gasteiger partial charge in [0.05, 0.1) is 30.0 Å². The molecular weight excluding hydrogens is 228 g/mol. The van der Waals surface area contributed by atoms with Crippen LogP contribution in [0.4, 0.5) is 0 Å². The Balaban J connectivity index is 2.42. The van der Waals surface area contributed by atoms with Gasteiger partial charge >= 0.3 is 0 Å². The zero-order chi connectivity index (χ0) is 13.1. The Bertz CT molecular complexity index is 560. The van der Waals surface area contributed by atoms with Crippen molar-refractivity contribution in [2.45, 2.75) is 39.3 Å². The molecule has 4 nitrogen and oxygen atoms in total. The van der Waals surface area contributed by atoms with Crippen molar-refractivity contribution in [3.05, 3.63) is 30.1 Å². The zero-order valence-corrected chi connectivity index (χ0v) is 10.8. The number of benzene rings is 1. The molecule has 0 saturated carbocycles. The monoisotopic (exact) mass is 246 g/mol. The molecule has 1 aromatic carbocycles. The van der Waals surface area contributed by atoms with Crippen LogP contribution in [-0.4, -0.2) is 26.5 Å². The lowest BCUT2D eigenvalue weighted by Gasteiger charge is -2.12. The number of aliphatic hydroxyl groups excluding tert-OH is 1. The molecule has 0 spiro atoms. The lowest BCUT2D eigenvalue weighted by atomic mass is 10.1. The molecule has 1 heterocycles. The number of carbonyl (C=O) groups excluding carboxylic acids is 1. The van der Waals surface area contributed by atoms with Crippen LogP contribution in [0.2, 0.25) is 0 Å². The van der Waals surface area contributed by atoms with E-state index in [1.807, 2.05) is 23.6 Å². The second-order valence-corrected chi connectivity index (χ2v) is 4.57. The van der Waals surface area contributed by atoms with Crippen molar-refractivity contribution < 1.29 is 9.90 Å². The highest BCUT2D eigenvalue weighted by atomic mass is 16.3. The maximum atomic E-state index is 11.6. The number of Topliss-reactive ketones (excluding diaryl/α,β-unsaturated/α-hetero) is 1. The predicted molar refractivity (Wildman–Crippen MR) is 70.7 cm³/mol.